The third-order valence-electron chi connectivity index (χ3n) is 3.03. The molecule has 1 aromatic carbocycles. The van der Waals surface area contributed by atoms with Crippen LogP contribution in [0, 0.1) is 15.9 Å². The van der Waals surface area contributed by atoms with E-state index < -0.39 is 22.5 Å². The van der Waals surface area contributed by atoms with Crippen LogP contribution in [-0.4, -0.2) is 23.4 Å². The molecule has 2 rings (SSSR count). The Morgan fingerprint density at radius 3 is 2.95 bits per heavy atom. The summed E-state index contributed by atoms with van der Waals surface area (Å²) in [5.74, 6) is -1.12. The first-order valence-corrected chi connectivity index (χ1v) is 6.07. The standard InChI is InChI=1S/C12H14FN3O3/c13-8-4-3-6-9(11(8)16(18)19)15-10-5-1-2-7-14-12(10)17/h3-4,6,10,15H,1-2,5,7H2,(H,14,17)/t10-/m1/s1. The van der Waals surface area contributed by atoms with Crippen LogP contribution >= 0.6 is 0 Å². The molecule has 0 spiro atoms. The van der Waals surface area contributed by atoms with E-state index in [0.717, 1.165) is 18.9 Å². The van der Waals surface area contributed by atoms with Gasteiger partial charge in [0.2, 0.25) is 11.7 Å². The zero-order valence-corrected chi connectivity index (χ0v) is 10.2. The van der Waals surface area contributed by atoms with E-state index in [0.29, 0.717) is 13.0 Å². The first-order chi connectivity index (χ1) is 9.09. The molecule has 7 heteroatoms. The van der Waals surface area contributed by atoms with Gasteiger partial charge in [-0.3, -0.25) is 14.9 Å². The second-order valence-corrected chi connectivity index (χ2v) is 4.38. The number of hydrogen-bond acceptors (Lipinski definition) is 4. The van der Waals surface area contributed by atoms with Gasteiger partial charge < -0.3 is 10.6 Å². The fourth-order valence-corrected chi connectivity index (χ4v) is 2.08. The van der Waals surface area contributed by atoms with Gasteiger partial charge in [0.25, 0.3) is 0 Å². The van der Waals surface area contributed by atoms with Crippen LogP contribution in [0.4, 0.5) is 15.8 Å². The number of nitro benzene ring substituents is 1. The number of benzene rings is 1. The number of rotatable bonds is 3. The zero-order chi connectivity index (χ0) is 13.8. The Balaban J connectivity index is 2.25. The van der Waals surface area contributed by atoms with Crippen LogP contribution in [0.1, 0.15) is 19.3 Å². The van der Waals surface area contributed by atoms with Crippen LogP contribution < -0.4 is 10.6 Å². The van der Waals surface area contributed by atoms with E-state index in [4.69, 9.17) is 0 Å². The largest absolute Gasteiger partial charge is 0.368 e. The molecule has 102 valence electrons. The second kappa shape index (κ2) is 5.64. The fraction of sp³-hybridized carbons (Fsp3) is 0.417. The molecule has 1 fully saturated rings. The van der Waals surface area contributed by atoms with Crippen LogP contribution in [-0.2, 0) is 4.79 Å². The lowest BCUT2D eigenvalue weighted by Gasteiger charge is -2.16. The van der Waals surface area contributed by atoms with Crippen molar-refractivity contribution < 1.29 is 14.1 Å². The molecular weight excluding hydrogens is 253 g/mol. The lowest BCUT2D eigenvalue weighted by atomic mass is 10.1. The van der Waals surface area contributed by atoms with E-state index in [-0.39, 0.29) is 11.6 Å². The molecule has 0 saturated carbocycles. The molecule has 6 nitrogen and oxygen atoms in total. The van der Waals surface area contributed by atoms with E-state index in [1.54, 1.807) is 0 Å². The van der Waals surface area contributed by atoms with Crippen molar-refractivity contribution in [1.29, 1.82) is 0 Å². The number of carbonyl (C=O) groups excluding carboxylic acids is 1. The lowest BCUT2D eigenvalue weighted by molar-refractivity contribution is -0.386. The van der Waals surface area contributed by atoms with E-state index in [2.05, 4.69) is 10.6 Å². The minimum atomic E-state index is -0.913. The maximum absolute atomic E-state index is 13.5. The summed E-state index contributed by atoms with van der Waals surface area (Å²) in [4.78, 5) is 21.8. The van der Waals surface area contributed by atoms with Crippen LogP contribution in [0.3, 0.4) is 0 Å². The maximum Gasteiger partial charge on any atom is 0.327 e. The molecule has 19 heavy (non-hydrogen) atoms. The number of hydrogen-bond donors (Lipinski definition) is 2. The molecule has 0 radical (unpaired) electrons. The number of nitrogens with one attached hydrogen (secondary N) is 2. The predicted molar refractivity (Wildman–Crippen MR) is 67.3 cm³/mol. The number of nitrogens with zero attached hydrogens (tertiary/aromatic N) is 1. The number of carbonyl (C=O) groups is 1. The summed E-state index contributed by atoms with van der Waals surface area (Å²) < 4.78 is 13.5. The molecule has 0 aromatic heterocycles. The van der Waals surface area contributed by atoms with E-state index in [1.807, 2.05) is 0 Å². The summed E-state index contributed by atoms with van der Waals surface area (Å²) in [7, 11) is 0. The van der Waals surface area contributed by atoms with Gasteiger partial charge >= 0.3 is 5.69 Å². The number of para-hydroxylation sites is 1. The van der Waals surface area contributed by atoms with Gasteiger partial charge in [0, 0.05) is 6.54 Å². The number of amides is 1. The van der Waals surface area contributed by atoms with Gasteiger partial charge in [-0.25, -0.2) is 0 Å². The van der Waals surface area contributed by atoms with Gasteiger partial charge in [0.1, 0.15) is 11.7 Å². The van der Waals surface area contributed by atoms with Crippen molar-refractivity contribution in [2.45, 2.75) is 25.3 Å². The Hall–Kier alpha value is -2.18. The monoisotopic (exact) mass is 267 g/mol. The van der Waals surface area contributed by atoms with Crippen molar-refractivity contribution in [3.8, 4) is 0 Å². The van der Waals surface area contributed by atoms with E-state index in [9.17, 15) is 19.3 Å². The highest BCUT2D eigenvalue weighted by atomic mass is 19.1. The molecule has 1 aromatic rings. The summed E-state index contributed by atoms with van der Waals surface area (Å²) in [6.07, 6.45) is 2.27. The molecule has 1 atom stereocenters. The average molecular weight is 267 g/mol. The van der Waals surface area contributed by atoms with Crippen molar-refractivity contribution in [2.75, 3.05) is 11.9 Å². The highest BCUT2D eigenvalue weighted by Gasteiger charge is 2.25. The van der Waals surface area contributed by atoms with Crippen molar-refractivity contribution in [1.82, 2.24) is 5.32 Å². The quantitative estimate of drug-likeness (QED) is 0.646. The van der Waals surface area contributed by atoms with Crippen LogP contribution in [0.2, 0.25) is 0 Å². The normalized spacial score (nSPS) is 19.4. The fourth-order valence-electron chi connectivity index (χ4n) is 2.08. The highest BCUT2D eigenvalue weighted by molar-refractivity contribution is 5.85. The molecule has 1 heterocycles. The van der Waals surface area contributed by atoms with Gasteiger partial charge in [-0.05, 0) is 31.4 Å². The summed E-state index contributed by atoms with van der Waals surface area (Å²) >= 11 is 0. The Kier molecular flexibility index (Phi) is 3.94. The average Bonchev–Trinajstić information content (AvgIpc) is 2.54. The van der Waals surface area contributed by atoms with E-state index in [1.165, 1.54) is 12.1 Å². The zero-order valence-electron chi connectivity index (χ0n) is 10.2. The SMILES string of the molecule is O=C1NCCCC[C@H]1Nc1cccc(F)c1[N+](=O)[O-]. The maximum atomic E-state index is 13.5. The first-order valence-electron chi connectivity index (χ1n) is 6.07. The molecule has 1 saturated heterocycles. The van der Waals surface area contributed by atoms with Gasteiger partial charge in [-0.1, -0.05) is 6.07 Å². The number of nitro groups is 1. The van der Waals surface area contributed by atoms with Gasteiger partial charge in [-0.15, -0.1) is 0 Å². The minimum absolute atomic E-state index is 0.0343. The van der Waals surface area contributed by atoms with Crippen LogP contribution in [0.25, 0.3) is 0 Å². The van der Waals surface area contributed by atoms with Crippen molar-refractivity contribution in [3.05, 3.63) is 34.1 Å². The minimum Gasteiger partial charge on any atom is -0.368 e. The molecular formula is C12H14FN3O3. The highest BCUT2D eigenvalue weighted by Crippen LogP contribution is 2.28. The van der Waals surface area contributed by atoms with Gasteiger partial charge in [-0.2, -0.15) is 4.39 Å². The van der Waals surface area contributed by atoms with Crippen LogP contribution in [0.5, 0.6) is 0 Å². The Labute approximate surface area is 109 Å². The molecule has 0 aliphatic carbocycles. The smallest absolute Gasteiger partial charge is 0.327 e. The topological polar surface area (TPSA) is 84.3 Å². The third kappa shape index (κ3) is 2.98. The molecule has 1 amide bonds. The molecule has 1 aliphatic heterocycles. The molecule has 0 unspecified atom stereocenters. The van der Waals surface area contributed by atoms with Crippen molar-refractivity contribution in [2.24, 2.45) is 0 Å². The van der Waals surface area contributed by atoms with Crippen molar-refractivity contribution >= 4 is 17.3 Å². The Morgan fingerprint density at radius 2 is 2.21 bits per heavy atom. The van der Waals surface area contributed by atoms with E-state index >= 15 is 0 Å². The molecule has 1 aliphatic rings. The summed E-state index contributed by atoms with van der Waals surface area (Å²) in [5.41, 5.74) is -0.591. The Morgan fingerprint density at radius 1 is 1.42 bits per heavy atom. The number of anilines is 1. The lowest BCUT2D eigenvalue weighted by Crippen LogP contribution is -2.38. The third-order valence-corrected chi connectivity index (χ3v) is 3.03. The first kappa shape index (κ1) is 13.3. The molecule has 2 N–H and O–H groups in total. The van der Waals surface area contributed by atoms with Gasteiger partial charge in [0.15, 0.2) is 0 Å². The summed E-state index contributed by atoms with van der Waals surface area (Å²) in [6, 6.07) is 3.23. The second-order valence-electron chi connectivity index (χ2n) is 4.38. The Bertz CT molecular complexity index is 507. The predicted octanol–water partition coefficient (Wildman–Crippen LogP) is 1.81. The van der Waals surface area contributed by atoms with Crippen LogP contribution in [0.15, 0.2) is 18.2 Å². The number of halogens is 1. The van der Waals surface area contributed by atoms with Crippen molar-refractivity contribution in [3.63, 3.8) is 0 Å². The summed E-state index contributed by atoms with van der Waals surface area (Å²) in [5, 5.41) is 16.3. The van der Waals surface area contributed by atoms with Gasteiger partial charge in [0.05, 0.1) is 4.92 Å². The molecule has 0 bridgehead atoms. The summed E-state index contributed by atoms with van der Waals surface area (Å²) in [6.45, 7) is 0.599.